The van der Waals surface area contributed by atoms with Gasteiger partial charge in [0.2, 0.25) is 0 Å². The van der Waals surface area contributed by atoms with Crippen molar-refractivity contribution in [2.45, 2.75) is 0 Å². The predicted molar refractivity (Wildman–Crippen MR) is 47.6 cm³/mol. The molecule has 2 atom stereocenters. The number of nitriles is 6. The van der Waals surface area contributed by atoms with Gasteiger partial charge in [-0.25, -0.2) is 0 Å². The molecular formula is C10H4N6. The van der Waals surface area contributed by atoms with E-state index in [1.807, 2.05) is 0 Å². The van der Waals surface area contributed by atoms with Crippen LogP contribution < -0.4 is 0 Å². The van der Waals surface area contributed by atoms with Crippen molar-refractivity contribution in [2.24, 2.45) is 23.7 Å². The fourth-order valence-electron chi connectivity index (χ4n) is 1.10. The first kappa shape index (κ1) is 12.9. The zero-order valence-corrected chi connectivity index (χ0v) is 7.99. The van der Waals surface area contributed by atoms with Gasteiger partial charge in [0.15, 0.2) is 0 Å². The molecule has 0 aromatic carbocycles. The van der Waals surface area contributed by atoms with E-state index in [9.17, 15) is 0 Å². The molecule has 2 unspecified atom stereocenters. The fourth-order valence-corrected chi connectivity index (χ4v) is 1.10. The molecule has 0 aliphatic carbocycles. The van der Waals surface area contributed by atoms with E-state index < -0.39 is 23.7 Å². The Hall–Kier alpha value is -3.06. The van der Waals surface area contributed by atoms with E-state index >= 15 is 0 Å². The molecule has 6 heteroatoms. The highest BCUT2D eigenvalue weighted by Gasteiger charge is 2.36. The van der Waals surface area contributed by atoms with Gasteiger partial charge in [-0.3, -0.25) is 0 Å². The summed E-state index contributed by atoms with van der Waals surface area (Å²) in [5.74, 6) is -5.16. The van der Waals surface area contributed by atoms with Crippen LogP contribution in [-0.4, -0.2) is 0 Å². The normalized spacial score (nSPS) is 12.0. The summed E-state index contributed by atoms with van der Waals surface area (Å²) in [5, 5.41) is 52.0. The van der Waals surface area contributed by atoms with Crippen molar-refractivity contribution in [2.75, 3.05) is 0 Å². The molecular weight excluding hydrogens is 204 g/mol. The zero-order valence-electron chi connectivity index (χ0n) is 7.99. The van der Waals surface area contributed by atoms with Crippen molar-refractivity contribution in [1.82, 2.24) is 0 Å². The molecule has 0 aliphatic rings. The Bertz CT molecular complexity index is 418. The largest absolute Gasteiger partial charge is 0.198 e. The molecule has 0 N–H and O–H groups in total. The number of rotatable bonds is 3. The van der Waals surface area contributed by atoms with E-state index in [2.05, 4.69) is 0 Å². The molecule has 0 fully saturated rings. The van der Waals surface area contributed by atoms with Crippen LogP contribution in [0.2, 0.25) is 0 Å². The van der Waals surface area contributed by atoms with Crippen molar-refractivity contribution < 1.29 is 0 Å². The smallest absolute Gasteiger partial charge is 0.150 e. The summed E-state index contributed by atoms with van der Waals surface area (Å²) in [5.41, 5.74) is 0. The molecule has 16 heavy (non-hydrogen) atoms. The molecule has 0 saturated heterocycles. The Morgan fingerprint density at radius 1 is 0.438 bits per heavy atom. The van der Waals surface area contributed by atoms with Crippen molar-refractivity contribution in [3.8, 4) is 36.4 Å². The highest BCUT2D eigenvalue weighted by molar-refractivity contribution is 5.19. The highest BCUT2D eigenvalue weighted by atomic mass is 14.5. The average molecular weight is 208 g/mol. The van der Waals surface area contributed by atoms with Gasteiger partial charge >= 0.3 is 0 Å². The standard InChI is InChI=1S/C10H4N6/c11-1-7(2-12)9(5-15)10(6-16)8(3-13)4-14/h7-10H. The third-order valence-electron chi connectivity index (χ3n) is 1.96. The first-order valence-electron chi connectivity index (χ1n) is 4.07. The zero-order chi connectivity index (χ0) is 12.6. The van der Waals surface area contributed by atoms with Gasteiger partial charge in [-0.05, 0) is 0 Å². The Labute approximate surface area is 92.4 Å². The van der Waals surface area contributed by atoms with Gasteiger partial charge in [0.25, 0.3) is 0 Å². The molecule has 0 aliphatic heterocycles. The van der Waals surface area contributed by atoms with Crippen molar-refractivity contribution >= 4 is 0 Å². The molecule has 6 nitrogen and oxygen atoms in total. The summed E-state index contributed by atoms with van der Waals surface area (Å²) < 4.78 is 0. The molecule has 0 rings (SSSR count). The van der Waals surface area contributed by atoms with Crippen LogP contribution in [0.5, 0.6) is 0 Å². The summed E-state index contributed by atoms with van der Waals surface area (Å²) >= 11 is 0. The predicted octanol–water partition coefficient (Wildman–Crippen LogP) is 0.593. The van der Waals surface area contributed by atoms with Crippen LogP contribution in [0.25, 0.3) is 0 Å². The minimum atomic E-state index is -1.32. The van der Waals surface area contributed by atoms with E-state index in [1.165, 1.54) is 0 Å². The van der Waals surface area contributed by atoms with Crippen molar-refractivity contribution in [3.63, 3.8) is 0 Å². The lowest BCUT2D eigenvalue weighted by Crippen LogP contribution is -2.25. The summed E-state index contributed by atoms with van der Waals surface area (Å²) in [4.78, 5) is 0. The molecule has 0 aromatic heterocycles. The molecule has 0 saturated carbocycles. The van der Waals surface area contributed by atoms with Gasteiger partial charge in [-0.2, -0.15) is 31.6 Å². The quantitative estimate of drug-likeness (QED) is 0.663. The lowest BCUT2D eigenvalue weighted by Gasteiger charge is -2.15. The Balaban J connectivity index is 5.30. The Morgan fingerprint density at radius 3 is 0.812 bits per heavy atom. The van der Waals surface area contributed by atoms with Crippen LogP contribution in [0.3, 0.4) is 0 Å². The number of hydrogen-bond donors (Lipinski definition) is 0. The first-order valence-corrected chi connectivity index (χ1v) is 4.07. The maximum absolute atomic E-state index is 8.78. The van der Waals surface area contributed by atoms with Crippen LogP contribution in [0.4, 0.5) is 0 Å². The lowest BCUT2D eigenvalue weighted by molar-refractivity contribution is 0.411. The minimum Gasteiger partial charge on any atom is -0.198 e. The second-order valence-corrected chi connectivity index (χ2v) is 2.78. The van der Waals surface area contributed by atoms with Crippen LogP contribution in [0, 0.1) is 91.7 Å². The van der Waals surface area contributed by atoms with Crippen LogP contribution in [0.15, 0.2) is 0 Å². The number of hydrogen-bond acceptors (Lipinski definition) is 6. The highest BCUT2D eigenvalue weighted by Crippen LogP contribution is 2.26. The molecule has 0 bridgehead atoms. The van der Waals surface area contributed by atoms with Gasteiger partial charge in [0, 0.05) is 0 Å². The van der Waals surface area contributed by atoms with E-state index in [-0.39, 0.29) is 0 Å². The first-order chi connectivity index (χ1) is 7.69. The SMILES string of the molecule is N#CC(C#N)C(C#N)C(C#N)C(C#N)C#N. The lowest BCUT2D eigenvalue weighted by atomic mass is 9.78. The van der Waals surface area contributed by atoms with Crippen molar-refractivity contribution in [3.05, 3.63) is 0 Å². The van der Waals surface area contributed by atoms with Crippen LogP contribution in [0.1, 0.15) is 0 Å². The molecule has 0 aromatic rings. The summed E-state index contributed by atoms with van der Waals surface area (Å²) in [6.07, 6.45) is 0. The van der Waals surface area contributed by atoms with Crippen LogP contribution in [-0.2, 0) is 0 Å². The van der Waals surface area contributed by atoms with Gasteiger partial charge in [0.1, 0.15) is 11.8 Å². The van der Waals surface area contributed by atoms with E-state index in [0.29, 0.717) is 0 Å². The second-order valence-electron chi connectivity index (χ2n) is 2.78. The van der Waals surface area contributed by atoms with E-state index in [4.69, 9.17) is 31.6 Å². The maximum atomic E-state index is 8.78. The third-order valence-corrected chi connectivity index (χ3v) is 1.96. The Kier molecular flexibility index (Phi) is 5.18. The molecule has 0 spiro atoms. The van der Waals surface area contributed by atoms with Crippen molar-refractivity contribution in [1.29, 1.82) is 31.6 Å². The van der Waals surface area contributed by atoms with Gasteiger partial charge < -0.3 is 0 Å². The fraction of sp³-hybridized carbons (Fsp3) is 0.400. The molecule has 0 heterocycles. The Morgan fingerprint density at radius 2 is 0.688 bits per heavy atom. The number of nitrogens with zero attached hydrogens (tertiary/aromatic N) is 6. The third kappa shape index (κ3) is 2.47. The summed E-state index contributed by atoms with van der Waals surface area (Å²) in [6.45, 7) is 0. The van der Waals surface area contributed by atoms with Gasteiger partial charge in [0.05, 0.1) is 48.3 Å². The van der Waals surface area contributed by atoms with Gasteiger partial charge in [-0.1, -0.05) is 0 Å². The average Bonchev–Trinajstić information content (AvgIpc) is 2.33. The monoisotopic (exact) mass is 208 g/mol. The molecule has 0 radical (unpaired) electrons. The maximum Gasteiger partial charge on any atom is 0.150 e. The van der Waals surface area contributed by atoms with E-state index in [0.717, 1.165) is 0 Å². The second kappa shape index (κ2) is 6.40. The van der Waals surface area contributed by atoms with Crippen LogP contribution >= 0.6 is 0 Å². The van der Waals surface area contributed by atoms with E-state index in [1.54, 1.807) is 36.4 Å². The summed E-state index contributed by atoms with van der Waals surface area (Å²) in [6, 6.07) is 9.54. The summed E-state index contributed by atoms with van der Waals surface area (Å²) in [7, 11) is 0. The minimum absolute atomic E-state index is 1.26. The molecule has 74 valence electrons. The van der Waals surface area contributed by atoms with Gasteiger partial charge in [-0.15, -0.1) is 0 Å². The molecule has 0 amide bonds. The topological polar surface area (TPSA) is 143 Å².